The zero-order chi connectivity index (χ0) is 23.4. The van der Waals surface area contributed by atoms with Crippen molar-refractivity contribution in [3.8, 4) is 28.1 Å². The Bertz CT molecular complexity index is 1350. The van der Waals surface area contributed by atoms with Crippen LogP contribution in [-0.4, -0.2) is 24.2 Å². The fourth-order valence-electron chi connectivity index (χ4n) is 3.22. The minimum atomic E-state index is -0.486. The van der Waals surface area contributed by atoms with E-state index in [1.165, 1.54) is 11.3 Å². The van der Waals surface area contributed by atoms with E-state index in [4.69, 9.17) is 33.7 Å². The highest BCUT2D eigenvalue weighted by molar-refractivity contribution is 7.14. The molecule has 6 nitrogen and oxygen atoms in total. The van der Waals surface area contributed by atoms with E-state index in [1.807, 2.05) is 41.8 Å². The molecule has 0 saturated heterocycles. The van der Waals surface area contributed by atoms with Gasteiger partial charge in [0.05, 0.1) is 29.1 Å². The second-order valence-corrected chi connectivity index (χ2v) is 8.58. The van der Waals surface area contributed by atoms with Crippen molar-refractivity contribution in [1.29, 1.82) is 0 Å². The molecular formula is C24H18Cl2N4O2S. The number of ether oxygens (including phenoxy) is 1. The van der Waals surface area contributed by atoms with Gasteiger partial charge < -0.3 is 10.5 Å². The fraction of sp³-hybridized carbons (Fsp3) is 0.0417. The van der Waals surface area contributed by atoms with Gasteiger partial charge in [-0.05, 0) is 41.5 Å². The lowest BCUT2D eigenvalue weighted by Gasteiger charge is -2.10. The van der Waals surface area contributed by atoms with Gasteiger partial charge in [0, 0.05) is 22.1 Å². The van der Waals surface area contributed by atoms with Gasteiger partial charge in [-0.2, -0.15) is 5.10 Å². The molecule has 0 unspecified atom stereocenters. The highest BCUT2D eigenvalue weighted by Gasteiger charge is 2.11. The summed E-state index contributed by atoms with van der Waals surface area (Å²) < 4.78 is 5.45. The maximum atomic E-state index is 11.8. The van der Waals surface area contributed by atoms with Gasteiger partial charge in [-0.1, -0.05) is 53.5 Å². The normalized spacial score (nSPS) is 11.0. The van der Waals surface area contributed by atoms with Gasteiger partial charge in [0.1, 0.15) is 5.75 Å². The zero-order valence-electron chi connectivity index (χ0n) is 17.4. The zero-order valence-corrected chi connectivity index (χ0v) is 19.7. The predicted molar refractivity (Wildman–Crippen MR) is 136 cm³/mol. The number of hydrogen-bond donors (Lipinski definition) is 2. The Morgan fingerprint density at radius 3 is 2.64 bits per heavy atom. The summed E-state index contributed by atoms with van der Waals surface area (Å²) in [7, 11) is 1.58. The molecule has 33 heavy (non-hydrogen) atoms. The molecule has 1 heterocycles. The Morgan fingerprint density at radius 2 is 1.88 bits per heavy atom. The summed E-state index contributed by atoms with van der Waals surface area (Å²) in [6.45, 7) is 0. The third-order valence-electron chi connectivity index (χ3n) is 4.82. The monoisotopic (exact) mass is 496 g/mol. The van der Waals surface area contributed by atoms with Crippen molar-refractivity contribution in [1.82, 2.24) is 4.98 Å². The molecule has 0 atom stereocenters. The Balaban J connectivity index is 1.56. The van der Waals surface area contributed by atoms with E-state index in [1.54, 1.807) is 37.6 Å². The molecule has 0 aliphatic rings. The molecule has 9 heteroatoms. The number of aromatic nitrogens is 1. The van der Waals surface area contributed by atoms with Crippen molar-refractivity contribution >= 4 is 51.8 Å². The van der Waals surface area contributed by atoms with Crippen LogP contribution in [0, 0.1) is 0 Å². The van der Waals surface area contributed by atoms with Crippen LogP contribution in [0.2, 0.25) is 10.0 Å². The molecule has 0 bridgehead atoms. The van der Waals surface area contributed by atoms with Crippen molar-refractivity contribution in [3.63, 3.8) is 0 Å². The van der Waals surface area contributed by atoms with Crippen LogP contribution >= 0.6 is 34.5 Å². The van der Waals surface area contributed by atoms with Crippen LogP contribution in [0.25, 0.3) is 22.4 Å². The molecule has 0 fully saturated rings. The SMILES string of the molecule is COc1ccc(-c2ccccc2C(N)=O)cc1/C=N/Nc1nc(-c2ccc(Cl)c(Cl)c2)cs1. The maximum Gasteiger partial charge on any atom is 0.249 e. The molecule has 0 radical (unpaired) electrons. The largest absolute Gasteiger partial charge is 0.496 e. The van der Waals surface area contributed by atoms with E-state index >= 15 is 0 Å². The number of halogens is 2. The second kappa shape index (κ2) is 10.0. The van der Waals surface area contributed by atoms with Crippen LogP contribution in [0.1, 0.15) is 15.9 Å². The van der Waals surface area contributed by atoms with Crippen LogP contribution < -0.4 is 15.9 Å². The number of amides is 1. The van der Waals surface area contributed by atoms with E-state index in [0.29, 0.717) is 26.5 Å². The summed E-state index contributed by atoms with van der Waals surface area (Å²) in [5, 5.41) is 7.79. The molecule has 4 aromatic rings. The first-order valence-corrected chi connectivity index (χ1v) is 11.4. The van der Waals surface area contributed by atoms with Crippen molar-refractivity contribution < 1.29 is 9.53 Å². The molecule has 1 amide bonds. The number of carbonyl (C=O) groups is 1. The summed E-state index contributed by atoms with van der Waals surface area (Å²) in [5.74, 6) is 0.149. The first kappa shape index (κ1) is 22.8. The summed E-state index contributed by atoms with van der Waals surface area (Å²) in [6, 6.07) is 18.1. The molecule has 166 valence electrons. The minimum absolute atomic E-state index is 0.446. The number of nitrogens with zero attached hydrogens (tertiary/aromatic N) is 2. The molecule has 0 aliphatic heterocycles. The van der Waals surface area contributed by atoms with Crippen molar-refractivity contribution in [3.05, 3.63) is 87.2 Å². The third kappa shape index (κ3) is 5.17. The lowest BCUT2D eigenvalue weighted by molar-refractivity contribution is 0.100. The van der Waals surface area contributed by atoms with Crippen LogP contribution in [0.5, 0.6) is 5.75 Å². The summed E-state index contributed by atoms with van der Waals surface area (Å²) in [4.78, 5) is 16.3. The number of benzene rings is 3. The first-order valence-electron chi connectivity index (χ1n) is 9.73. The van der Waals surface area contributed by atoms with Gasteiger partial charge in [-0.3, -0.25) is 10.2 Å². The second-order valence-electron chi connectivity index (χ2n) is 6.90. The fourth-order valence-corrected chi connectivity index (χ4v) is 4.19. The molecule has 0 saturated carbocycles. The average Bonchev–Trinajstić information content (AvgIpc) is 3.29. The topological polar surface area (TPSA) is 89.6 Å². The van der Waals surface area contributed by atoms with Crippen LogP contribution in [0.4, 0.5) is 5.13 Å². The molecule has 1 aromatic heterocycles. The van der Waals surface area contributed by atoms with Gasteiger partial charge in [-0.25, -0.2) is 4.98 Å². The number of methoxy groups -OCH3 is 1. The van der Waals surface area contributed by atoms with Crippen LogP contribution in [-0.2, 0) is 0 Å². The number of hydrogen-bond acceptors (Lipinski definition) is 6. The van der Waals surface area contributed by atoms with Crippen LogP contribution in [0.15, 0.2) is 71.1 Å². The van der Waals surface area contributed by atoms with Gasteiger partial charge >= 0.3 is 0 Å². The van der Waals surface area contributed by atoms with Gasteiger partial charge in [0.2, 0.25) is 11.0 Å². The van der Waals surface area contributed by atoms with E-state index < -0.39 is 5.91 Å². The predicted octanol–water partition coefficient (Wildman–Crippen LogP) is 6.34. The van der Waals surface area contributed by atoms with E-state index in [9.17, 15) is 4.79 Å². The van der Waals surface area contributed by atoms with Crippen molar-refractivity contribution in [2.45, 2.75) is 0 Å². The molecule has 0 aliphatic carbocycles. The smallest absolute Gasteiger partial charge is 0.249 e. The van der Waals surface area contributed by atoms with Crippen molar-refractivity contribution in [2.24, 2.45) is 10.8 Å². The number of anilines is 1. The van der Waals surface area contributed by atoms with Crippen molar-refractivity contribution in [2.75, 3.05) is 12.5 Å². The lowest BCUT2D eigenvalue weighted by atomic mass is 9.97. The highest BCUT2D eigenvalue weighted by atomic mass is 35.5. The quantitative estimate of drug-likeness (QED) is 0.230. The lowest BCUT2D eigenvalue weighted by Crippen LogP contribution is -2.12. The summed E-state index contributed by atoms with van der Waals surface area (Å²) in [5.41, 5.74) is 12.8. The number of carbonyl (C=O) groups excluding carboxylic acids is 1. The maximum absolute atomic E-state index is 11.8. The summed E-state index contributed by atoms with van der Waals surface area (Å²) in [6.07, 6.45) is 1.63. The Hall–Kier alpha value is -3.39. The summed E-state index contributed by atoms with van der Waals surface area (Å²) >= 11 is 13.5. The number of hydrazone groups is 1. The Labute approximate surface area is 204 Å². The van der Waals surface area contributed by atoms with Gasteiger partial charge in [0.25, 0.3) is 0 Å². The first-order chi connectivity index (χ1) is 16.0. The standard InChI is InChI=1S/C24H18Cl2N4O2S/c1-32-22-9-7-14(17-4-2-3-5-18(17)23(27)31)10-16(22)12-28-30-24-29-21(13-33-24)15-6-8-19(25)20(26)11-15/h2-13H,1H3,(H2,27,31)(H,29,30)/b28-12+. The molecule has 3 N–H and O–H groups in total. The Kier molecular flexibility index (Phi) is 6.93. The van der Waals surface area contributed by atoms with E-state index in [0.717, 1.165) is 27.9 Å². The molecule has 4 rings (SSSR count). The average molecular weight is 497 g/mol. The molecule has 0 spiro atoms. The third-order valence-corrected chi connectivity index (χ3v) is 6.30. The van der Waals surface area contributed by atoms with Gasteiger partial charge in [0.15, 0.2) is 0 Å². The number of primary amides is 1. The number of thiazole rings is 1. The Morgan fingerprint density at radius 1 is 1.09 bits per heavy atom. The van der Waals surface area contributed by atoms with E-state index in [-0.39, 0.29) is 0 Å². The minimum Gasteiger partial charge on any atom is -0.496 e. The molecule has 3 aromatic carbocycles. The number of nitrogens with one attached hydrogen (secondary N) is 1. The highest BCUT2D eigenvalue weighted by Crippen LogP contribution is 2.31. The number of nitrogens with two attached hydrogens (primary N) is 1. The van der Waals surface area contributed by atoms with E-state index in [2.05, 4.69) is 15.5 Å². The molecular weight excluding hydrogens is 479 g/mol. The number of rotatable bonds is 7. The van der Waals surface area contributed by atoms with Crippen LogP contribution in [0.3, 0.4) is 0 Å². The van der Waals surface area contributed by atoms with Gasteiger partial charge in [-0.15, -0.1) is 11.3 Å².